The fourth-order valence-electron chi connectivity index (χ4n) is 1.77. The summed E-state index contributed by atoms with van der Waals surface area (Å²) < 4.78 is 0. The minimum absolute atomic E-state index is 0.188. The quantitative estimate of drug-likeness (QED) is 0.869. The highest BCUT2D eigenvalue weighted by Gasteiger charge is 2.15. The zero-order valence-electron chi connectivity index (χ0n) is 9.33. The van der Waals surface area contributed by atoms with E-state index in [0.717, 1.165) is 10.6 Å². The fourth-order valence-corrected chi connectivity index (χ4v) is 2.97. The lowest BCUT2D eigenvalue weighted by Gasteiger charge is -2.16. The van der Waals surface area contributed by atoms with Crippen molar-refractivity contribution in [2.75, 3.05) is 7.05 Å². The lowest BCUT2D eigenvalue weighted by molar-refractivity contribution is 0.704. The maximum Gasteiger partial charge on any atom is 0.0683 e. The van der Waals surface area contributed by atoms with E-state index < -0.39 is 0 Å². The lowest BCUT2D eigenvalue weighted by atomic mass is 10.0. The van der Waals surface area contributed by atoms with Gasteiger partial charge in [-0.1, -0.05) is 29.8 Å². The number of hydrogen-bond acceptors (Lipinski definition) is 2. The number of halogens is 1. The third-order valence-electron chi connectivity index (χ3n) is 2.58. The third kappa shape index (κ3) is 2.29. The van der Waals surface area contributed by atoms with Crippen LogP contribution in [-0.2, 0) is 0 Å². The molecule has 0 amide bonds. The van der Waals surface area contributed by atoms with E-state index in [-0.39, 0.29) is 6.04 Å². The van der Waals surface area contributed by atoms with Gasteiger partial charge in [0.1, 0.15) is 0 Å². The molecule has 1 aromatic heterocycles. The van der Waals surface area contributed by atoms with Crippen LogP contribution in [0.5, 0.6) is 0 Å². The average molecular weight is 252 g/mol. The van der Waals surface area contributed by atoms with Crippen LogP contribution in [-0.4, -0.2) is 7.05 Å². The van der Waals surface area contributed by atoms with Crippen molar-refractivity contribution in [3.63, 3.8) is 0 Å². The van der Waals surface area contributed by atoms with E-state index in [9.17, 15) is 0 Å². The van der Waals surface area contributed by atoms with Gasteiger partial charge in [-0.3, -0.25) is 0 Å². The van der Waals surface area contributed by atoms with Crippen LogP contribution >= 0.6 is 22.9 Å². The SMILES string of the molecule is CNC(c1cccs1)c1ccc(C)cc1Cl. The Hall–Kier alpha value is -0.830. The average Bonchev–Trinajstić information content (AvgIpc) is 2.75. The van der Waals surface area contributed by atoms with Crippen molar-refractivity contribution in [1.82, 2.24) is 5.32 Å². The maximum absolute atomic E-state index is 6.28. The van der Waals surface area contributed by atoms with Crippen molar-refractivity contribution < 1.29 is 0 Å². The summed E-state index contributed by atoms with van der Waals surface area (Å²) >= 11 is 8.03. The molecule has 0 aliphatic carbocycles. The van der Waals surface area contributed by atoms with Crippen molar-refractivity contribution in [1.29, 1.82) is 0 Å². The topological polar surface area (TPSA) is 12.0 Å². The predicted octanol–water partition coefficient (Wildman–Crippen LogP) is 4.02. The molecule has 1 unspecified atom stereocenters. The van der Waals surface area contributed by atoms with E-state index in [2.05, 4.69) is 41.9 Å². The Morgan fingerprint density at radius 1 is 1.31 bits per heavy atom. The molecule has 2 aromatic rings. The molecule has 0 radical (unpaired) electrons. The highest BCUT2D eigenvalue weighted by Crippen LogP contribution is 2.31. The van der Waals surface area contributed by atoms with E-state index in [4.69, 9.17) is 11.6 Å². The molecule has 1 nitrogen and oxygen atoms in total. The number of nitrogens with one attached hydrogen (secondary N) is 1. The molecule has 1 N–H and O–H groups in total. The summed E-state index contributed by atoms with van der Waals surface area (Å²) in [5.41, 5.74) is 2.33. The standard InChI is InChI=1S/C13H14ClNS/c1-9-5-6-10(11(14)8-9)13(15-2)12-4-3-7-16-12/h3-8,13,15H,1-2H3. The van der Waals surface area contributed by atoms with Crippen molar-refractivity contribution in [3.05, 3.63) is 56.7 Å². The Balaban J connectivity index is 2.41. The molecule has 1 aromatic carbocycles. The zero-order chi connectivity index (χ0) is 11.5. The smallest absolute Gasteiger partial charge is 0.0683 e. The normalized spacial score (nSPS) is 12.7. The number of benzene rings is 1. The van der Waals surface area contributed by atoms with Gasteiger partial charge in [-0.25, -0.2) is 0 Å². The molecule has 1 heterocycles. The van der Waals surface area contributed by atoms with Crippen molar-refractivity contribution >= 4 is 22.9 Å². The van der Waals surface area contributed by atoms with Gasteiger partial charge in [0.25, 0.3) is 0 Å². The molecular formula is C13H14ClNS. The minimum atomic E-state index is 0.188. The molecular weight excluding hydrogens is 238 g/mol. The second-order valence-electron chi connectivity index (χ2n) is 3.76. The Labute approximate surface area is 105 Å². The molecule has 0 saturated carbocycles. The van der Waals surface area contributed by atoms with E-state index in [1.165, 1.54) is 10.4 Å². The monoisotopic (exact) mass is 251 g/mol. The summed E-state index contributed by atoms with van der Waals surface area (Å²) in [6, 6.07) is 10.6. The Morgan fingerprint density at radius 3 is 2.69 bits per heavy atom. The van der Waals surface area contributed by atoms with Gasteiger partial charge in [0.15, 0.2) is 0 Å². The molecule has 84 valence electrons. The molecule has 0 spiro atoms. The second-order valence-corrected chi connectivity index (χ2v) is 5.15. The van der Waals surface area contributed by atoms with Gasteiger partial charge < -0.3 is 5.32 Å². The van der Waals surface area contributed by atoms with Gasteiger partial charge >= 0.3 is 0 Å². The number of thiophene rings is 1. The molecule has 2 rings (SSSR count). The van der Waals surface area contributed by atoms with E-state index in [0.29, 0.717) is 0 Å². The largest absolute Gasteiger partial charge is 0.309 e. The predicted molar refractivity (Wildman–Crippen MR) is 71.4 cm³/mol. The minimum Gasteiger partial charge on any atom is -0.309 e. The number of aryl methyl sites for hydroxylation is 1. The van der Waals surface area contributed by atoms with Crippen LogP contribution in [0.1, 0.15) is 22.0 Å². The van der Waals surface area contributed by atoms with Crippen LogP contribution < -0.4 is 5.32 Å². The summed E-state index contributed by atoms with van der Waals surface area (Å²) in [5, 5.41) is 6.22. The summed E-state index contributed by atoms with van der Waals surface area (Å²) in [7, 11) is 1.96. The van der Waals surface area contributed by atoms with Crippen molar-refractivity contribution in [2.45, 2.75) is 13.0 Å². The molecule has 0 aliphatic rings. The van der Waals surface area contributed by atoms with Gasteiger partial charge in [-0.15, -0.1) is 11.3 Å². The van der Waals surface area contributed by atoms with Crippen LogP contribution in [0.4, 0.5) is 0 Å². The maximum atomic E-state index is 6.28. The Bertz CT molecular complexity index is 465. The first kappa shape index (κ1) is 11.6. The van der Waals surface area contributed by atoms with Crippen LogP contribution in [0, 0.1) is 6.92 Å². The van der Waals surface area contributed by atoms with Crippen molar-refractivity contribution in [2.24, 2.45) is 0 Å². The first-order valence-corrected chi connectivity index (χ1v) is 6.45. The first-order chi connectivity index (χ1) is 7.72. The molecule has 16 heavy (non-hydrogen) atoms. The van der Waals surface area contributed by atoms with Crippen LogP contribution in [0.25, 0.3) is 0 Å². The first-order valence-electron chi connectivity index (χ1n) is 5.19. The van der Waals surface area contributed by atoms with Gasteiger partial charge in [-0.05, 0) is 42.6 Å². The van der Waals surface area contributed by atoms with Crippen LogP contribution in [0.15, 0.2) is 35.7 Å². The Morgan fingerprint density at radius 2 is 2.12 bits per heavy atom. The molecule has 0 aliphatic heterocycles. The molecule has 1 atom stereocenters. The van der Waals surface area contributed by atoms with Gasteiger partial charge in [0.05, 0.1) is 6.04 Å². The second kappa shape index (κ2) is 5.00. The summed E-state index contributed by atoms with van der Waals surface area (Å²) in [6.07, 6.45) is 0. The Kier molecular flexibility index (Phi) is 3.64. The van der Waals surface area contributed by atoms with Gasteiger partial charge in [-0.2, -0.15) is 0 Å². The fraction of sp³-hybridized carbons (Fsp3) is 0.231. The molecule has 0 fully saturated rings. The van der Waals surface area contributed by atoms with Crippen LogP contribution in [0.3, 0.4) is 0 Å². The molecule has 0 saturated heterocycles. The lowest BCUT2D eigenvalue weighted by Crippen LogP contribution is -2.16. The summed E-state index contributed by atoms with van der Waals surface area (Å²) in [6.45, 7) is 2.05. The third-order valence-corrected chi connectivity index (χ3v) is 3.85. The summed E-state index contributed by atoms with van der Waals surface area (Å²) in [4.78, 5) is 1.29. The number of hydrogen-bond donors (Lipinski definition) is 1. The van der Waals surface area contributed by atoms with E-state index >= 15 is 0 Å². The van der Waals surface area contributed by atoms with E-state index in [1.807, 2.05) is 13.1 Å². The van der Waals surface area contributed by atoms with E-state index in [1.54, 1.807) is 11.3 Å². The zero-order valence-corrected chi connectivity index (χ0v) is 10.9. The summed E-state index contributed by atoms with van der Waals surface area (Å²) in [5.74, 6) is 0. The number of rotatable bonds is 3. The molecule has 0 bridgehead atoms. The van der Waals surface area contributed by atoms with Crippen LogP contribution in [0.2, 0.25) is 5.02 Å². The highest BCUT2D eigenvalue weighted by molar-refractivity contribution is 7.10. The van der Waals surface area contributed by atoms with Gasteiger partial charge in [0, 0.05) is 9.90 Å². The molecule has 3 heteroatoms. The van der Waals surface area contributed by atoms with Gasteiger partial charge in [0.2, 0.25) is 0 Å². The highest BCUT2D eigenvalue weighted by atomic mass is 35.5. The van der Waals surface area contributed by atoms with Crippen molar-refractivity contribution in [3.8, 4) is 0 Å².